The van der Waals surface area contributed by atoms with Gasteiger partial charge in [-0.15, -0.1) is 0 Å². The summed E-state index contributed by atoms with van der Waals surface area (Å²) in [5.41, 5.74) is 2.12. The van der Waals surface area contributed by atoms with Crippen molar-refractivity contribution in [3.63, 3.8) is 0 Å². The van der Waals surface area contributed by atoms with Gasteiger partial charge in [-0.25, -0.2) is 4.39 Å². The third-order valence-electron chi connectivity index (χ3n) is 4.78. The monoisotopic (exact) mass is 375 g/mol. The molecule has 2 aromatic carbocycles. The van der Waals surface area contributed by atoms with Crippen LogP contribution < -0.4 is 14.2 Å². The molecule has 27 heavy (non-hydrogen) atoms. The van der Waals surface area contributed by atoms with Gasteiger partial charge in [0.1, 0.15) is 11.6 Å². The van der Waals surface area contributed by atoms with E-state index in [0.717, 1.165) is 42.9 Å². The molecule has 1 fully saturated rings. The zero-order valence-corrected chi connectivity index (χ0v) is 16.0. The Bertz CT molecular complexity index is 751. The van der Waals surface area contributed by atoms with Crippen molar-refractivity contribution in [2.24, 2.45) is 0 Å². The number of benzene rings is 2. The second-order valence-corrected chi connectivity index (χ2v) is 6.58. The van der Waals surface area contributed by atoms with Gasteiger partial charge >= 0.3 is 0 Å². The van der Waals surface area contributed by atoms with Crippen LogP contribution in [0.2, 0.25) is 0 Å². The zero-order valence-electron chi connectivity index (χ0n) is 16.0. The minimum atomic E-state index is -0.217. The van der Waals surface area contributed by atoms with Crippen LogP contribution in [0.5, 0.6) is 17.2 Å². The lowest BCUT2D eigenvalue weighted by molar-refractivity contribution is -0.0306. The van der Waals surface area contributed by atoms with Crippen molar-refractivity contribution >= 4 is 0 Å². The predicted molar refractivity (Wildman–Crippen MR) is 101 cm³/mol. The Morgan fingerprint density at radius 1 is 1.00 bits per heavy atom. The number of morpholine rings is 1. The van der Waals surface area contributed by atoms with E-state index in [9.17, 15) is 4.39 Å². The summed E-state index contributed by atoms with van der Waals surface area (Å²) in [5, 5.41) is 0. The van der Waals surface area contributed by atoms with Crippen LogP contribution in [0.3, 0.4) is 0 Å². The molecular weight excluding hydrogens is 349 g/mol. The fourth-order valence-corrected chi connectivity index (χ4v) is 3.39. The Morgan fingerprint density at radius 3 is 2.33 bits per heavy atom. The molecule has 1 aliphatic heterocycles. The maximum atomic E-state index is 13.1. The fraction of sp³-hybridized carbons (Fsp3) is 0.429. The number of hydrogen-bond acceptors (Lipinski definition) is 5. The molecular formula is C21H26FNO4. The lowest BCUT2D eigenvalue weighted by Crippen LogP contribution is -2.42. The highest BCUT2D eigenvalue weighted by Crippen LogP contribution is 2.35. The molecule has 0 aromatic heterocycles. The Hall–Kier alpha value is -2.31. The zero-order chi connectivity index (χ0) is 19.2. The largest absolute Gasteiger partial charge is 0.496 e. The lowest BCUT2D eigenvalue weighted by atomic mass is 10.1. The molecule has 0 amide bonds. The highest BCUT2D eigenvalue weighted by atomic mass is 19.1. The maximum absolute atomic E-state index is 13.1. The Kier molecular flexibility index (Phi) is 6.53. The molecule has 0 unspecified atom stereocenters. The minimum absolute atomic E-state index is 0.0790. The summed E-state index contributed by atoms with van der Waals surface area (Å²) in [6.07, 6.45) is 0.843. The number of halogens is 1. The van der Waals surface area contributed by atoms with E-state index in [0.29, 0.717) is 18.1 Å². The molecule has 1 heterocycles. The second-order valence-electron chi connectivity index (χ2n) is 6.58. The van der Waals surface area contributed by atoms with Crippen LogP contribution in [0.15, 0.2) is 36.4 Å². The number of hydrogen-bond donors (Lipinski definition) is 0. The van der Waals surface area contributed by atoms with E-state index in [1.54, 1.807) is 21.3 Å². The van der Waals surface area contributed by atoms with E-state index in [1.165, 1.54) is 12.1 Å². The Morgan fingerprint density at radius 2 is 1.67 bits per heavy atom. The van der Waals surface area contributed by atoms with Gasteiger partial charge in [0.25, 0.3) is 0 Å². The van der Waals surface area contributed by atoms with Gasteiger partial charge in [0.05, 0.1) is 34.0 Å². The topological polar surface area (TPSA) is 40.2 Å². The molecule has 0 spiro atoms. The fourth-order valence-electron chi connectivity index (χ4n) is 3.39. The van der Waals surface area contributed by atoms with Crippen LogP contribution in [0, 0.1) is 5.82 Å². The van der Waals surface area contributed by atoms with E-state index in [-0.39, 0.29) is 11.9 Å². The van der Waals surface area contributed by atoms with Crippen molar-refractivity contribution in [3.8, 4) is 17.2 Å². The first-order valence-corrected chi connectivity index (χ1v) is 9.00. The summed E-state index contributed by atoms with van der Waals surface area (Å²) in [7, 11) is 4.89. The first-order chi connectivity index (χ1) is 13.1. The number of rotatable bonds is 7. The molecule has 0 saturated carbocycles. The van der Waals surface area contributed by atoms with Crippen molar-refractivity contribution < 1.29 is 23.3 Å². The van der Waals surface area contributed by atoms with E-state index in [4.69, 9.17) is 18.9 Å². The van der Waals surface area contributed by atoms with Gasteiger partial charge in [-0.2, -0.15) is 0 Å². The van der Waals surface area contributed by atoms with Crippen molar-refractivity contribution in [1.82, 2.24) is 4.90 Å². The van der Waals surface area contributed by atoms with Crippen LogP contribution in [-0.2, 0) is 17.7 Å². The van der Waals surface area contributed by atoms with Crippen LogP contribution >= 0.6 is 0 Å². The van der Waals surface area contributed by atoms with E-state index < -0.39 is 0 Å². The molecule has 5 nitrogen and oxygen atoms in total. The van der Waals surface area contributed by atoms with Gasteiger partial charge in [-0.05, 0) is 30.2 Å². The van der Waals surface area contributed by atoms with Gasteiger partial charge in [0.15, 0.2) is 11.5 Å². The Labute approximate surface area is 159 Å². The summed E-state index contributed by atoms with van der Waals surface area (Å²) in [4.78, 5) is 2.33. The lowest BCUT2D eigenvalue weighted by Gasteiger charge is -2.33. The summed E-state index contributed by atoms with van der Waals surface area (Å²) < 4.78 is 35.3. The van der Waals surface area contributed by atoms with E-state index >= 15 is 0 Å². The van der Waals surface area contributed by atoms with Crippen LogP contribution in [0.4, 0.5) is 4.39 Å². The average molecular weight is 375 g/mol. The molecule has 0 aliphatic carbocycles. The van der Waals surface area contributed by atoms with Crippen LogP contribution in [0.1, 0.15) is 11.1 Å². The number of methoxy groups -OCH3 is 3. The molecule has 0 radical (unpaired) electrons. The third kappa shape index (κ3) is 4.90. The predicted octanol–water partition coefficient (Wildman–Crippen LogP) is 3.30. The minimum Gasteiger partial charge on any atom is -0.496 e. The highest BCUT2D eigenvalue weighted by molar-refractivity contribution is 5.50. The molecule has 1 saturated heterocycles. The summed E-state index contributed by atoms with van der Waals surface area (Å²) in [5.74, 6) is 1.89. The Balaban J connectivity index is 1.69. The van der Waals surface area contributed by atoms with Gasteiger partial charge in [-0.1, -0.05) is 12.1 Å². The second kappa shape index (κ2) is 9.06. The molecule has 146 valence electrons. The van der Waals surface area contributed by atoms with Gasteiger partial charge in [0.2, 0.25) is 0 Å². The number of ether oxygens (including phenoxy) is 4. The SMILES string of the molecule is COc1cc(OC)c(OC)cc1CN1CCO[C@@H](Cc2ccc(F)cc2)C1. The maximum Gasteiger partial charge on any atom is 0.164 e. The van der Waals surface area contributed by atoms with Gasteiger partial charge in [0, 0.05) is 31.3 Å². The van der Waals surface area contributed by atoms with Crippen molar-refractivity contribution in [1.29, 1.82) is 0 Å². The van der Waals surface area contributed by atoms with Crippen molar-refractivity contribution in [3.05, 3.63) is 53.3 Å². The average Bonchev–Trinajstić information content (AvgIpc) is 2.69. The van der Waals surface area contributed by atoms with E-state index in [1.807, 2.05) is 24.3 Å². The van der Waals surface area contributed by atoms with Gasteiger partial charge < -0.3 is 18.9 Å². The van der Waals surface area contributed by atoms with Crippen molar-refractivity contribution in [2.45, 2.75) is 19.1 Å². The van der Waals surface area contributed by atoms with Crippen molar-refractivity contribution in [2.75, 3.05) is 41.0 Å². The smallest absolute Gasteiger partial charge is 0.164 e. The molecule has 3 rings (SSSR count). The van der Waals surface area contributed by atoms with Gasteiger partial charge in [-0.3, -0.25) is 4.90 Å². The quantitative estimate of drug-likeness (QED) is 0.743. The third-order valence-corrected chi connectivity index (χ3v) is 4.78. The normalized spacial score (nSPS) is 17.6. The molecule has 1 aliphatic rings. The summed E-state index contributed by atoms with van der Waals surface area (Å²) in [6, 6.07) is 10.4. The van der Waals surface area contributed by atoms with Crippen LogP contribution in [-0.4, -0.2) is 52.0 Å². The molecule has 0 bridgehead atoms. The standard InChI is InChI=1S/C21H26FNO4/c1-24-19-12-21(26-3)20(25-2)11-16(19)13-23-8-9-27-18(14-23)10-15-4-6-17(22)7-5-15/h4-7,11-12,18H,8-10,13-14H2,1-3H3/t18-/m0/s1. The molecule has 2 aromatic rings. The molecule has 1 atom stereocenters. The molecule has 6 heteroatoms. The van der Waals surface area contributed by atoms with E-state index in [2.05, 4.69) is 4.90 Å². The summed E-state index contributed by atoms with van der Waals surface area (Å²) in [6.45, 7) is 3.04. The number of nitrogens with zero attached hydrogens (tertiary/aromatic N) is 1. The van der Waals surface area contributed by atoms with Crippen LogP contribution in [0.25, 0.3) is 0 Å². The molecule has 0 N–H and O–H groups in total. The first kappa shape index (κ1) is 19.5. The highest BCUT2D eigenvalue weighted by Gasteiger charge is 2.23. The first-order valence-electron chi connectivity index (χ1n) is 9.00. The summed E-state index contributed by atoms with van der Waals surface area (Å²) >= 11 is 0.